The number of nitrogens with zero attached hydrogens (tertiary/aromatic N) is 3. The lowest BCUT2D eigenvalue weighted by Crippen LogP contribution is -2.54. The molecule has 0 saturated carbocycles. The van der Waals surface area contributed by atoms with Gasteiger partial charge in [0.2, 0.25) is 0 Å². The largest absolute Gasteiger partial charge is 0.493 e. The van der Waals surface area contributed by atoms with Crippen molar-refractivity contribution in [3.63, 3.8) is 0 Å². The third-order valence-corrected chi connectivity index (χ3v) is 5.67. The van der Waals surface area contributed by atoms with Crippen molar-refractivity contribution in [1.29, 1.82) is 0 Å². The summed E-state index contributed by atoms with van der Waals surface area (Å²) >= 11 is 0. The summed E-state index contributed by atoms with van der Waals surface area (Å²) in [6, 6.07) is 3.49. The van der Waals surface area contributed by atoms with Gasteiger partial charge >= 0.3 is 0 Å². The van der Waals surface area contributed by atoms with E-state index in [1.165, 1.54) is 18.2 Å². The van der Waals surface area contributed by atoms with Crippen LogP contribution in [0.1, 0.15) is 39.2 Å². The Labute approximate surface area is 162 Å². The van der Waals surface area contributed by atoms with Gasteiger partial charge in [-0.25, -0.2) is 13.4 Å². The number of hydrazone groups is 1. The topological polar surface area (TPSA) is 100 Å². The smallest absolute Gasteiger partial charge is 0.261 e. The van der Waals surface area contributed by atoms with E-state index in [1.54, 1.807) is 11.9 Å². The molecule has 0 bridgehead atoms. The minimum Gasteiger partial charge on any atom is -0.493 e. The number of amidine groups is 2. The highest BCUT2D eigenvalue weighted by Gasteiger charge is 2.42. The Bertz CT molecular complexity index is 929. The number of rotatable bonds is 6. The number of aliphatic imine (C=N–C) groups is 1. The number of halogens is 1. The number of benzene rings is 1. The van der Waals surface area contributed by atoms with Gasteiger partial charge in [0.15, 0.2) is 11.9 Å². The maximum Gasteiger partial charge on any atom is 0.261 e. The normalized spacial score (nSPS) is 22.1. The molecule has 0 aromatic heterocycles. The van der Waals surface area contributed by atoms with Crippen molar-refractivity contribution < 1.29 is 17.9 Å². The van der Waals surface area contributed by atoms with Gasteiger partial charge in [-0.15, -0.1) is 0 Å². The lowest BCUT2D eigenvalue weighted by Gasteiger charge is -2.30. The van der Waals surface area contributed by atoms with Crippen LogP contribution in [0.2, 0.25) is 0 Å². The van der Waals surface area contributed by atoms with Gasteiger partial charge in [0.05, 0.1) is 23.1 Å². The van der Waals surface area contributed by atoms with Crippen molar-refractivity contribution in [3.8, 4) is 5.75 Å². The first-order chi connectivity index (χ1) is 12.8. The monoisotopic (exact) mass is 412 g/mol. The van der Waals surface area contributed by atoms with Crippen LogP contribution in [0.25, 0.3) is 0 Å². The Morgan fingerprint density at radius 3 is 2.70 bits per heavy atom. The van der Waals surface area contributed by atoms with Gasteiger partial charge in [0.25, 0.3) is 15.0 Å². The summed E-state index contributed by atoms with van der Waals surface area (Å²) in [6.45, 7) is 6.07. The molecular formula is C17H21ClN4O4S. The molecule has 0 spiro atoms. The fourth-order valence-corrected chi connectivity index (χ4v) is 3.93. The molecule has 27 heavy (non-hydrogen) atoms. The summed E-state index contributed by atoms with van der Waals surface area (Å²) in [4.78, 5) is 17.1. The zero-order valence-electron chi connectivity index (χ0n) is 15.3. The van der Waals surface area contributed by atoms with Crippen molar-refractivity contribution in [2.75, 3.05) is 6.61 Å². The van der Waals surface area contributed by atoms with Crippen LogP contribution in [0.5, 0.6) is 5.75 Å². The van der Waals surface area contributed by atoms with Gasteiger partial charge in [-0.1, -0.05) is 6.92 Å². The average Bonchev–Trinajstić information content (AvgIpc) is 2.91. The second-order valence-electron chi connectivity index (χ2n) is 6.29. The van der Waals surface area contributed by atoms with Crippen LogP contribution >= 0.6 is 10.7 Å². The van der Waals surface area contributed by atoms with Crippen molar-refractivity contribution in [1.82, 2.24) is 10.3 Å². The SMILES string of the molecule is CCCC1=NC(C)C2C(=O)NC(c3cc(S(=O)(=O)Cl)ccc3OCC)=NN12. The molecule has 2 aliphatic rings. The van der Waals surface area contributed by atoms with Crippen LogP contribution in [0.4, 0.5) is 0 Å². The van der Waals surface area contributed by atoms with Crippen molar-refractivity contribution in [3.05, 3.63) is 23.8 Å². The van der Waals surface area contributed by atoms with Gasteiger partial charge in [-0.2, -0.15) is 5.10 Å². The van der Waals surface area contributed by atoms with Crippen LogP contribution in [-0.2, 0) is 13.8 Å². The van der Waals surface area contributed by atoms with Gasteiger partial charge in [0.1, 0.15) is 11.6 Å². The molecule has 2 aliphatic heterocycles. The zero-order chi connectivity index (χ0) is 19.8. The Balaban J connectivity index is 2.10. The minimum absolute atomic E-state index is 0.0982. The van der Waals surface area contributed by atoms with Crippen LogP contribution < -0.4 is 10.1 Å². The maximum absolute atomic E-state index is 12.7. The van der Waals surface area contributed by atoms with Crippen LogP contribution in [-0.4, -0.2) is 49.7 Å². The van der Waals surface area contributed by atoms with Crippen LogP contribution in [0.15, 0.2) is 33.2 Å². The summed E-state index contributed by atoms with van der Waals surface area (Å²) in [5.41, 5.74) is 0.348. The quantitative estimate of drug-likeness (QED) is 0.721. The maximum atomic E-state index is 12.7. The van der Waals surface area contributed by atoms with E-state index in [2.05, 4.69) is 15.4 Å². The number of hydrogen-bond acceptors (Lipinski definition) is 7. The van der Waals surface area contributed by atoms with E-state index in [-0.39, 0.29) is 22.7 Å². The van der Waals surface area contributed by atoms with E-state index >= 15 is 0 Å². The Morgan fingerprint density at radius 2 is 2.07 bits per heavy atom. The Hall–Kier alpha value is -2.13. The minimum atomic E-state index is -3.94. The molecule has 1 amide bonds. The third-order valence-electron chi connectivity index (χ3n) is 4.32. The molecule has 2 atom stereocenters. The second-order valence-corrected chi connectivity index (χ2v) is 8.86. The first-order valence-electron chi connectivity index (χ1n) is 8.73. The molecule has 3 rings (SSSR count). The van der Waals surface area contributed by atoms with Gasteiger partial charge in [-0.3, -0.25) is 9.79 Å². The summed E-state index contributed by atoms with van der Waals surface area (Å²) in [5, 5.41) is 8.93. The van der Waals surface area contributed by atoms with Gasteiger partial charge < -0.3 is 10.1 Å². The number of fused-ring (bicyclic) bond motifs is 1. The van der Waals surface area contributed by atoms with E-state index in [4.69, 9.17) is 15.4 Å². The molecular weight excluding hydrogens is 392 g/mol. The molecule has 8 nitrogen and oxygen atoms in total. The molecule has 0 fully saturated rings. The molecule has 0 aliphatic carbocycles. The number of nitrogens with one attached hydrogen (secondary N) is 1. The van der Waals surface area contributed by atoms with E-state index in [0.717, 1.165) is 12.3 Å². The van der Waals surface area contributed by atoms with Gasteiger partial charge in [-0.05, 0) is 38.5 Å². The molecule has 1 N–H and O–H groups in total. The fraction of sp³-hybridized carbons (Fsp3) is 0.471. The molecule has 1 aromatic carbocycles. The van der Waals surface area contributed by atoms with Crippen molar-refractivity contribution in [2.45, 2.75) is 50.6 Å². The highest BCUT2D eigenvalue weighted by Crippen LogP contribution is 2.29. The first kappa shape index (κ1) is 19.6. The first-order valence-corrected chi connectivity index (χ1v) is 11.0. The van der Waals surface area contributed by atoms with Crippen LogP contribution in [0, 0.1) is 0 Å². The molecule has 10 heteroatoms. The van der Waals surface area contributed by atoms with Crippen molar-refractivity contribution in [2.24, 2.45) is 10.1 Å². The molecule has 2 heterocycles. The number of amides is 1. The summed E-state index contributed by atoms with van der Waals surface area (Å²) < 4.78 is 29.0. The summed E-state index contributed by atoms with van der Waals surface area (Å²) in [7, 11) is 1.53. The summed E-state index contributed by atoms with van der Waals surface area (Å²) in [5.74, 6) is 1.10. The average molecular weight is 413 g/mol. The number of carbonyl (C=O) groups is 1. The molecule has 0 saturated heterocycles. The predicted octanol–water partition coefficient (Wildman–Crippen LogP) is 2.08. The van der Waals surface area contributed by atoms with Crippen molar-refractivity contribution >= 4 is 37.3 Å². The van der Waals surface area contributed by atoms with E-state index in [0.29, 0.717) is 24.3 Å². The van der Waals surface area contributed by atoms with E-state index in [1.807, 2.05) is 13.8 Å². The zero-order valence-corrected chi connectivity index (χ0v) is 16.8. The molecule has 2 unspecified atom stereocenters. The Kier molecular flexibility index (Phi) is 5.43. The number of hydrogen-bond donors (Lipinski definition) is 1. The highest BCUT2D eigenvalue weighted by atomic mass is 35.7. The number of ether oxygens (including phenoxy) is 1. The van der Waals surface area contributed by atoms with Gasteiger partial charge in [0, 0.05) is 17.1 Å². The predicted molar refractivity (Wildman–Crippen MR) is 103 cm³/mol. The number of carbonyl (C=O) groups excluding carboxylic acids is 1. The standard InChI is InChI=1S/C17H21ClN4O4S/c1-4-6-14-19-10(3)15-17(23)20-16(21-22(14)15)12-9-11(27(18,24)25)7-8-13(12)26-5-2/h7-10,15H,4-6H2,1-3H3,(H,20,21,23). The molecule has 146 valence electrons. The lowest BCUT2D eigenvalue weighted by atomic mass is 10.1. The van der Waals surface area contributed by atoms with E-state index in [9.17, 15) is 13.2 Å². The van der Waals surface area contributed by atoms with E-state index < -0.39 is 15.1 Å². The molecule has 0 radical (unpaired) electrons. The Morgan fingerprint density at radius 1 is 1.33 bits per heavy atom. The fourth-order valence-electron chi connectivity index (χ4n) is 3.15. The third kappa shape index (κ3) is 3.79. The van der Waals surface area contributed by atoms with Crippen LogP contribution in [0.3, 0.4) is 0 Å². The molecule has 1 aromatic rings. The summed E-state index contributed by atoms with van der Waals surface area (Å²) in [6.07, 6.45) is 1.56. The second kappa shape index (κ2) is 7.47. The lowest BCUT2D eigenvalue weighted by molar-refractivity contribution is -0.124. The highest BCUT2D eigenvalue weighted by molar-refractivity contribution is 8.13.